The number of nitriles is 1. The predicted molar refractivity (Wildman–Crippen MR) is 72.0 cm³/mol. The molecule has 0 aliphatic rings. The molecule has 1 unspecified atom stereocenters. The molecule has 2 aromatic carbocycles. The van der Waals surface area contributed by atoms with Gasteiger partial charge in [0.2, 0.25) is 0 Å². The smallest absolute Gasteiger partial charge is 0.144 e. The molecule has 2 aromatic rings. The van der Waals surface area contributed by atoms with E-state index in [0.29, 0.717) is 11.1 Å². The molecule has 20 heavy (non-hydrogen) atoms. The summed E-state index contributed by atoms with van der Waals surface area (Å²) < 4.78 is 39.3. The molecule has 0 aromatic heterocycles. The van der Waals surface area contributed by atoms with Gasteiger partial charge >= 0.3 is 0 Å². The van der Waals surface area contributed by atoms with Gasteiger partial charge < -0.3 is 5.73 Å². The Kier molecular flexibility index (Phi) is 4.11. The van der Waals surface area contributed by atoms with Crippen LogP contribution in [-0.4, -0.2) is 4.21 Å². The molecular weight excluding hydrogens is 282 g/mol. The number of hydrogen-bond donors (Lipinski definition) is 1. The SMILES string of the molecule is N#Cc1ccc(CS(=O)c2c(F)cc(N)cc2F)cc1. The summed E-state index contributed by atoms with van der Waals surface area (Å²) in [4.78, 5) is -0.483. The van der Waals surface area contributed by atoms with Crippen molar-refractivity contribution >= 4 is 16.5 Å². The van der Waals surface area contributed by atoms with Crippen LogP contribution in [0.5, 0.6) is 0 Å². The first-order valence-corrected chi connectivity index (χ1v) is 6.95. The van der Waals surface area contributed by atoms with Crippen molar-refractivity contribution in [3.63, 3.8) is 0 Å². The number of nitrogen functional groups attached to an aromatic ring is 1. The number of benzene rings is 2. The first-order valence-electron chi connectivity index (χ1n) is 5.63. The topological polar surface area (TPSA) is 66.9 Å². The predicted octanol–water partition coefficient (Wildman–Crippen LogP) is 2.73. The molecule has 0 bridgehead atoms. The molecule has 0 amide bonds. The second-order valence-electron chi connectivity index (χ2n) is 4.11. The van der Waals surface area contributed by atoms with Gasteiger partial charge in [0, 0.05) is 5.69 Å². The Labute approximate surface area is 117 Å². The summed E-state index contributed by atoms with van der Waals surface area (Å²) >= 11 is 0. The van der Waals surface area contributed by atoms with E-state index in [1.54, 1.807) is 24.3 Å². The lowest BCUT2D eigenvalue weighted by Gasteiger charge is -2.06. The van der Waals surface area contributed by atoms with Crippen LogP contribution in [0.25, 0.3) is 0 Å². The van der Waals surface area contributed by atoms with E-state index < -0.39 is 27.3 Å². The summed E-state index contributed by atoms with van der Waals surface area (Å²) in [5, 5.41) is 8.67. The molecule has 0 aliphatic carbocycles. The Hall–Kier alpha value is -2.26. The summed E-state index contributed by atoms with van der Waals surface area (Å²) in [6, 6.07) is 10.2. The second kappa shape index (κ2) is 5.80. The van der Waals surface area contributed by atoms with Gasteiger partial charge in [0.1, 0.15) is 16.5 Å². The Morgan fingerprint density at radius 3 is 2.20 bits per heavy atom. The standard InChI is InChI=1S/C14H10F2N2OS/c15-12-5-11(18)6-13(16)14(12)20(19)8-10-3-1-9(7-17)2-4-10/h1-6H,8,18H2. The number of nitrogens with two attached hydrogens (primary N) is 1. The van der Waals surface area contributed by atoms with Crippen LogP contribution < -0.4 is 5.73 Å². The highest BCUT2D eigenvalue weighted by Gasteiger charge is 2.17. The lowest BCUT2D eigenvalue weighted by Crippen LogP contribution is -2.04. The van der Waals surface area contributed by atoms with E-state index in [1.165, 1.54) is 0 Å². The van der Waals surface area contributed by atoms with E-state index in [0.717, 1.165) is 12.1 Å². The zero-order valence-corrected chi connectivity index (χ0v) is 11.1. The Morgan fingerprint density at radius 1 is 1.15 bits per heavy atom. The molecule has 0 radical (unpaired) electrons. The summed E-state index contributed by atoms with van der Waals surface area (Å²) in [6.07, 6.45) is 0. The van der Waals surface area contributed by atoms with E-state index in [2.05, 4.69) is 0 Å². The zero-order valence-electron chi connectivity index (χ0n) is 10.3. The molecule has 2 rings (SSSR count). The molecule has 1 atom stereocenters. The molecule has 3 nitrogen and oxygen atoms in total. The quantitative estimate of drug-likeness (QED) is 0.884. The van der Waals surface area contributed by atoms with E-state index in [9.17, 15) is 13.0 Å². The lowest BCUT2D eigenvalue weighted by atomic mass is 10.2. The fourth-order valence-corrected chi connectivity index (χ4v) is 2.89. The fourth-order valence-electron chi connectivity index (χ4n) is 1.70. The van der Waals surface area contributed by atoms with Crippen molar-refractivity contribution in [2.45, 2.75) is 10.6 Å². The Bertz CT molecular complexity index is 685. The minimum Gasteiger partial charge on any atom is -0.399 e. The molecule has 2 N–H and O–H groups in total. The monoisotopic (exact) mass is 292 g/mol. The minimum atomic E-state index is -1.86. The molecular formula is C14H10F2N2OS. The molecule has 0 spiro atoms. The van der Waals surface area contributed by atoms with Gasteiger partial charge in [-0.15, -0.1) is 0 Å². The van der Waals surface area contributed by atoms with Crippen LogP contribution in [0.1, 0.15) is 11.1 Å². The van der Waals surface area contributed by atoms with Crippen LogP contribution in [-0.2, 0) is 16.6 Å². The maximum absolute atomic E-state index is 13.6. The third-order valence-corrected chi connectivity index (χ3v) is 4.07. The Morgan fingerprint density at radius 2 is 1.70 bits per heavy atom. The van der Waals surface area contributed by atoms with E-state index >= 15 is 0 Å². The summed E-state index contributed by atoms with van der Waals surface area (Å²) in [5.41, 5.74) is 6.33. The van der Waals surface area contributed by atoms with Gasteiger partial charge in [0.05, 0.1) is 28.2 Å². The Balaban J connectivity index is 2.26. The number of nitrogens with zero attached hydrogens (tertiary/aromatic N) is 1. The van der Waals surface area contributed by atoms with Crippen LogP contribution in [0.15, 0.2) is 41.3 Å². The molecule has 0 saturated heterocycles. The largest absolute Gasteiger partial charge is 0.399 e. The van der Waals surface area contributed by atoms with Crippen molar-refractivity contribution in [2.75, 3.05) is 5.73 Å². The van der Waals surface area contributed by atoms with Gasteiger partial charge in [-0.3, -0.25) is 4.21 Å². The van der Waals surface area contributed by atoms with Crippen molar-refractivity contribution in [1.82, 2.24) is 0 Å². The van der Waals surface area contributed by atoms with E-state index in [4.69, 9.17) is 11.0 Å². The fraction of sp³-hybridized carbons (Fsp3) is 0.0714. The maximum atomic E-state index is 13.6. The highest BCUT2D eigenvalue weighted by atomic mass is 32.2. The third-order valence-electron chi connectivity index (χ3n) is 2.63. The van der Waals surface area contributed by atoms with Crippen LogP contribution in [0.3, 0.4) is 0 Å². The highest BCUT2D eigenvalue weighted by molar-refractivity contribution is 7.84. The average molecular weight is 292 g/mol. The molecule has 0 heterocycles. The number of hydrogen-bond acceptors (Lipinski definition) is 3. The molecule has 0 saturated carbocycles. The van der Waals surface area contributed by atoms with Gasteiger partial charge in [-0.2, -0.15) is 5.26 Å². The van der Waals surface area contributed by atoms with Crippen molar-refractivity contribution in [2.24, 2.45) is 0 Å². The molecule has 102 valence electrons. The number of anilines is 1. The van der Waals surface area contributed by atoms with Crippen molar-refractivity contribution in [1.29, 1.82) is 5.26 Å². The minimum absolute atomic E-state index is 0.0382. The summed E-state index contributed by atoms with van der Waals surface area (Å²) in [6.45, 7) is 0. The van der Waals surface area contributed by atoms with Crippen molar-refractivity contribution in [3.8, 4) is 6.07 Å². The summed E-state index contributed by atoms with van der Waals surface area (Å²) in [5.74, 6) is -1.88. The van der Waals surface area contributed by atoms with Gasteiger partial charge in [-0.1, -0.05) is 12.1 Å². The van der Waals surface area contributed by atoms with Crippen LogP contribution in [0.4, 0.5) is 14.5 Å². The molecule has 6 heteroatoms. The van der Waals surface area contributed by atoms with Crippen LogP contribution in [0, 0.1) is 23.0 Å². The second-order valence-corrected chi connectivity index (χ2v) is 5.50. The third kappa shape index (κ3) is 3.00. The van der Waals surface area contributed by atoms with Crippen molar-refractivity contribution < 1.29 is 13.0 Å². The van der Waals surface area contributed by atoms with Crippen LogP contribution >= 0.6 is 0 Å². The number of halogens is 2. The normalized spacial score (nSPS) is 11.8. The van der Waals surface area contributed by atoms with Gasteiger partial charge in [0.25, 0.3) is 0 Å². The van der Waals surface area contributed by atoms with Gasteiger partial charge in [0.15, 0.2) is 0 Å². The number of rotatable bonds is 3. The molecule has 0 fully saturated rings. The van der Waals surface area contributed by atoms with Gasteiger partial charge in [-0.25, -0.2) is 8.78 Å². The summed E-state index contributed by atoms with van der Waals surface area (Å²) in [7, 11) is -1.86. The zero-order chi connectivity index (χ0) is 14.7. The maximum Gasteiger partial charge on any atom is 0.144 e. The van der Waals surface area contributed by atoms with Crippen LogP contribution in [0.2, 0.25) is 0 Å². The van der Waals surface area contributed by atoms with Gasteiger partial charge in [-0.05, 0) is 29.8 Å². The highest BCUT2D eigenvalue weighted by Crippen LogP contribution is 2.22. The molecule has 0 aliphatic heterocycles. The first-order chi connectivity index (χ1) is 9.51. The average Bonchev–Trinajstić information content (AvgIpc) is 2.38. The van der Waals surface area contributed by atoms with E-state index in [1.807, 2.05) is 6.07 Å². The lowest BCUT2D eigenvalue weighted by molar-refractivity contribution is 0.535. The van der Waals surface area contributed by atoms with E-state index in [-0.39, 0.29) is 11.4 Å². The van der Waals surface area contributed by atoms with Crippen molar-refractivity contribution in [3.05, 3.63) is 59.2 Å². The first kappa shape index (κ1) is 14.2.